The number of methoxy groups -OCH3 is 1. The Morgan fingerprint density at radius 3 is 2.45 bits per heavy atom. The van der Waals surface area contributed by atoms with Gasteiger partial charge in [0.1, 0.15) is 5.75 Å². The molecule has 3 aromatic heterocycles. The van der Waals surface area contributed by atoms with Crippen molar-refractivity contribution < 1.29 is 22.7 Å². The van der Waals surface area contributed by atoms with E-state index in [0.717, 1.165) is 17.3 Å². The monoisotopic (exact) mass is 458 g/mol. The summed E-state index contributed by atoms with van der Waals surface area (Å²) in [5, 5.41) is 8.07. The number of hydrogen-bond donors (Lipinski definition) is 0. The molecule has 0 aliphatic carbocycles. The number of amides is 1. The lowest BCUT2D eigenvalue weighted by atomic mass is 10.1. The highest BCUT2D eigenvalue weighted by Crippen LogP contribution is 2.32. The Bertz CT molecular complexity index is 1320. The number of carbonyl (C=O) groups is 1. The molecule has 11 heteroatoms. The maximum Gasteiger partial charge on any atom is 0.433 e. The molecule has 3 heterocycles. The predicted molar refractivity (Wildman–Crippen MR) is 114 cm³/mol. The van der Waals surface area contributed by atoms with Crippen molar-refractivity contribution >= 4 is 11.6 Å². The maximum atomic E-state index is 13.8. The number of nitrogens with zero attached hydrogens (tertiary/aromatic N) is 6. The van der Waals surface area contributed by atoms with E-state index < -0.39 is 17.8 Å². The van der Waals surface area contributed by atoms with Gasteiger partial charge in [0.05, 0.1) is 19.0 Å². The molecule has 0 N–H and O–H groups in total. The van der Waals surface area contributed by atoms with Gasteiger partial charge in [-0.05, 0) is 37.3 Å². The molecule has 8 nitrogen and oxygen atoms in total. The molecule has 4 aromatic rings. The standard InChI is InChI=1S/C22H21F3N6O2/c1-13-15(11-26-30(13)3)12-29(2)21(32)18-10-20-27-17(14-5-7-16(33-4)8-6-14)9-19(22(23,24)25)31(20)28-18/h5-11H,12H2,1-4H3. The molecule has 172 valence electrons. The third-order valence-electron chi connectivity index (χ3n) is 5.41. The smallest absolute Gasteiger partial charge is 0.433 e. The number of benzene rings is 1. The van der Waals surface area contributed by atoms with Crippen LogP contribution in [0.4, 0.5) is 13.2 Å². The Kier molecular flexibility index (Phi) is 5.56. The van der Waals surface area contributed by atoms with Crippen LogP contribution in [0.5, 0.6) is 5.75 Å². The minimum absolute atomic E-state index is 0.0787. The fraction of sp³-hybridized carbons (Fsp3) is 0.273. The molecule has 0 aliphatic heterocycles. The van der Waals surface area contributed by atoms with Crippen molar-refractivity contribution in [2.24, 2.45) is 7.05 Å². The van der Waals surface area contributed by atoms with Crippen LogP contribution in [-0.2, 0) is 19.8 Å². The van der Waals surface area contributed by atoms with Crippen molar-refractivity contribution in [3.05, 3.63) is 65.2 Å². The van der Waals surface area contributed by atoms with Gasteiger partial charge in [-0.2, -0.15) is 23.4 Å². The van der Waals surface area contributed by atoms with E-state index in [0.29, 0.717) is 15.8 Å². The number of fused-ring (bicyclic) bond motifs is 1. The highest BCUT2D eigenvalue weighted by Gasteiger charge is 2.36. The van der Waals surface area contributed by atoms with Gasteiger partial charge >= 0.3 is 6.18 Å². The summed E-state index contributed by atoms with van der Waals surface area (Å²) >= 11 is 0. The molecule has 33 heavy (non-hydrogen) atoms. The van der Waals surface area contributed by atoms with Crippen molar-refractivity contribution in [2.45, 2.75) is 19.6 Å². The lowest BCUT2D eigenvalue weighted by Crippen LogP contribution is -2.27. The molecule has 0 fully saturated rings. The van der Waals surface area contributed by atoms with E-state index in [1.807, 2.05) is 6.92 Å². The van der Waals surface area contributed by atoms with Crippen molar-refractivity contribution in [1.82, 2.24) is 29.3 Å². The Hall–Kier alpha value is -3.89. The van der Waals surface area contributed by atoms with Crippen molar-refractivity contribution in [3.63, 3.8) is 0 Å². The molecule has 0 spiro atoms. The summed E-state index contributed by atoms with van der Waals surface area (Å²) in [6, 6.07) is 8.68. The summed E-state index contributed by atoms with van der Waals surface area (Å²) < 4.78 is 48.9. The molecule has 0 unspecified atom stereocenters. The zero-order valence-electron chi connectivity index (χ0n) is 18.4. The maximum absolute atomic E-state index is 13.8. The third-order valence-corrected chi connectivity index (χ3v) is 5.41. The fourth-order valence-corrected chi connectivity index (χ4v) is 3.41. The molecule has 0 bridgehead atoms. The van der Waals surface area contributed by atoms with Gasteiger partial charge in [0.25, 0.3) is 5.91 Å². The summed E-state index contributed by atoms with van der Waals surface area (Å²) in [4.78, 5) is 18.6. The molecule has 0 radical (unpaired) electrons. The van der Waals surface area contributed by atoms with E-state index in [-0.39, 0.29) is 23.6 Å². The summed E-state index contributed by atoms with van der Waals surface area (Å²) in [5.74, 6) is 0.0443. The van der Waals surface area contributed by atoms with Gasteiger partial charge < -0.3 is 9.64 Å². The van der Waals surface area contributed by atoms with Gasteiger partial charge in [-0.3, -0.25) is 9.48 Å². The highest BCUT2D eigenvalue weighted by atomic mass is 19.4. The summed E-state index contributed by atoms with van der Waals surface area (Å²) in [5.41, 5.74) is 1.05. The molecular formula is C22H21F3N6O2. The number of alkyl halides is 3. The van der Waals surface area contributed by atoms with E-state index >= 15 is 0 Å². The second-order valence-corrected chi connectivity index (χ2v) is 7.59. The van der Waals surface area contributed by atoms with Gasteiger partial charge in [-0.1, -0.05) is 0 Å². The number of halogens is 3. The minimum Gasteiger partial charge on any atom is -0.497 e. The fourth-order valence-electron chi connectivity index (χ4n) is 3.41. The predicted octanol–water partition coefficient (Wildman–Crippen LogP) is 3.74. The summed E-state index contributed by atoms with van der Waals surface area (Å²) in [6.45, 7) is 2.11. The van der Waals surface area contributed by atoms with E-state index in [9.17, 15) is 18.0 Å². The minimum atomic E-state index is -4.70. The van der Waals surface area contributed by atoms with Crippen LogP contribution in [0.2, 0.25) is 0 Å². The number of aromatic nitrogens is 5. The number of rotatable bonds is 5. The van der Waals surface area contributed by atoms with E-state index in [1.54, 1.807) is 49.2 Å². The second-order valence-electron chi connectivity index (χ2n) is 7.59. The number of ether oxygens (including phenoxy) is 1. The first-order chi connectivity index (χ1) is 15.6. The first-order valence-electron chi connectivity index (χ1n) is 9.94. The van der Waals surface area contributed by atoms with Crippen LogP contribution in [0.15, 0.2) is 42.6 Å². The third kappa shape index (κ3) is 4.26. The van der Waals surface area contributed by atoms with E-state index in [2.05, 4.69) is 15.2 Å². The average Bonchev–Trinajstić information content (AvgIpc) is 3.35. The molecule has 0 saturated carbocycles. The topological polar surface area (TPSA) is 77.5 Å². The van der Waals surface area contributed by atoms with E-state index in [1.165, 1.54) is 18.1 Å². The Morgan fingerprint density at radius 1 is 1.18 bits per heavy atom. The molecule has 1 aromatic carbocycles. The van der Waals surface area contributed by atoms with Crippen LogP contribution in [0, 0.1) is 6.92 Å². The second kappa shape index (κ2) is 8.23. The lowest BCUT2D eigenvalue weighted by Gasteiger charge is -2.15. The number of carbonyl (C=O) groups excluding carboxylic acids is 1. The molecule has 0 saturated heterocycles. The van der Waals surface area contributed by atoms with Gasteiger partial charge in [-0.25, -0.2) is 9.50 Å². The molecule has 0 aliphatic rings. The average molecular weight is 458 g/mol. The van der Waals surface area contributed by atoms with Crippen molar-refractivity contribution in [3.8, 4) is 17.0 Å². The normalized spacial score (nSPS) is 11.7. The first-order valence-corrected chi connectivity index (χ1v) is 9.94. The summed E-state index contributed by atoms with van der Waals surface area (Å²) in [7, 11) is 4.84. The van der Waals surface area contributed by atoms with Crippen LogP contribution in [0.25, 0.3) is 16.9 Å². The molecule has 1 amide bonds. The van der Waals surface area contributed by atoms with Gasteiger partial charge in [0.2, 0.25) is 0 Å². The Morgan fingerprint density at radius 2 is 1.88 bits per heavy atom. The van der Waals surface area contributed by atoms with Crippen LogP contribution in [0.3, 0.4) is 0 Å². The number of aryl methyl sites for hydroxylation is 1. The number of hydrogen-bond acceptors (Lipinski definition) is 5. The van der Waals surface area contributed by atoms with E-state index in [4.69, 9.17) is 4.74 Å². The van der Waals surface area contributed by atoms with Gasteiger partial charge in [0.15, 0.2) is 17.0 Å². The molecular weight excluding hydrogens is 437 g/mol. The molecule has 4 rings (SSSR count). The van der Waals surface area contributed by atoms with Crippen LogP contribution >= 0.6 is 0 Å². The van der Waals surface area contributed by atoms with Crippen molar-refractivity contribution in [1.29, 1.82) is 0 Å². The first kappa shape index (κ1) is 22.3. The Labute approximate surface area is 187 Å². The van der Waals surface area contributed by atoms with Crippen LogP contribution in [-0.4, -0.2) is 49.3 Å². The summed E-state index contributed by atoms with van der Waals surface area (Å²) in [6.07, 6.45) is -3.05. The SMILES string of the molecule is COc1ccc(-c2cc(C(F)(F)F)n3nc(C(=O)N(C)Cc4cnn(C)c4C)cc3n2)cc1. The quantitative estimate of drug-likeness (QED) is 0.455. The zero-order valence-corrected chi connectivity index (χ0v) is 18.4. The lowest BCUT2D eigenvalue weighted by molar-refractivity contribution is -0.142. The van der Waals surface area contributed by atoms with Gasteiger partial charge in [-0.15, -0.1) is 0 Å². The molecule has 0 atom stereocenters. The zero-order chi connectivity index (χ0) is 23.9. The Balaban J connectivity index is 1.73. The highest BCUT2D eigenvalue weighted by molar-refractivity contribution is 5.93. The van der Waals surface area contributed by atoms with Crippen LogP contribution in [0.1, 0.15) is 27.4 Å². The van der Waals surface area contributed by atoms with Crippen LogP contribution < -0.4 is 4.74 Å². The van der Waals surface area contributed by atoms with Gasteiger partial charge in [0, 0.05) is 43.5 Å². The largest absolute Gasteiger partial charge is 0.497 e. The van der Waals surface area contributed by atoms with Crippen molar-refractivity contribution in [2.75, 3.05) is 14.2 Å².